The molecule has 1 aliphatic rings. The van der Waals surface area contributed by atoms with E-state index in [-0.39, 0.29) is 17.6 Å². The molecule has 1 saturated carbocycles. The lowest BCUT2D eigenvalue weighted by molar-refractivity contribution is -0.121. The molecule has 0 radical (unpaired) electrons. The molecule has 0 heterocycles. The van der Waals surface area contributed by atoms with Gasteiger partial charge in [0, 0.05) is 7.11 Å². The third kappa shape index (κ3) is 4.57. The maximum Gasteiger partial charge on any atom is 0.0939 e. The molecule has 3 nitrogen and oxygen atoms in total. The van der Waals surface area contributed by atoms with Crippen molar-refractivity contribution in [3.63, 3.8) is 0 Å². The van der Waals surface area contributed by atoms with Crippen LogP contribution < -0.4 is 0 Å². The fourth-order valence-electron chi connectivity index (χ4n) is 2.78. The third-order valence-corrected chi connectivity index (χ3v) is 3.65. The zero-order valence-electron chi connectivity index (χ0n) is 12.1. The number of aliphatic hydroxyl groups is 2. The molecule has 0 saturated heterocycles. The third-order valence-electron chi connectivity index (χ3n) is 3.65. The van der Waals surface area contributed by atoms with Crippen LogP contribution in [0.3, 0.4) is 0 Å². The molecule has 2 N–H and O–H groups in total. The monoisotopic (exact) mass is 246 g/mol. The SMILES string of the molecule is CC.COC1(C(O)C(C)CC(C)O)CCCC1. The molecule has 0 aliphatic heterocycles. The van der Waals surface area contributed by atoms with E-state index in [1.807, 2.05) is 20.8 Å². The van der Waals surface area contributed by atoms with E-state index in [0.29, 0.717) is 6.42 Å². The zero-order chi connectivity index (χ0) is 13.5. The highest BCUT2D eigenvalue weighted by molar-refractivity contribution is 4.94. The summed E-state index contributed by atoms with van der Waals surface area (Å²) in [6, 6.07) is 0. The summed E-state index contributed by atoms with van der Waals surface area (Å²) in [6.07, 6.45) is 3.96. The quantitative estimate of drug-likeness (QED) is 0.784. The van der Waals surface area contributed by atoms with Gasteiger partial charge in [0.1, 0.15) is 0 Å². The summed E-state index contributed by atoms with van der Waals surface area (Å²) in [5.41, 5.74) is -0.353. The van der Waals surface area contributed by atoms with Crippen LogP contribution in [-0.4, -0.2) is 35.1 Å². The molecule has 104 valence electrons. The molecular weight excluding hydrogens is 216 g/mol. The average molecular weight is 246 g/mol. The minimum atomic E-state index is -0.459. The minimum Gasteiger partial charge on any atom is -0.393 e. The largest absolute Gasteiger partial charge is 0.393 e. The first-order chi connectivity index (χ1) is 8.02. The molecule has 1 fully saturated rings. The highest BCUT2D eigenvalue weighted by atomic mass is 16.5. The Morgan fingerprint density at radius 3 is 1.94 bits per heavy atom. The van der Waals surface area contributed by atoms with E-state index in [9.17, 15) is 10.2 Å². The van der Waals surface area contributed by atoms with E-state index in [0.717, 1.165) is 25.7 Å². The summed E-state index contributed by atoms with van der Waals surface area (Å²) in [6.45, 7) is 7.74. The zero-order valence-corrected chi connectivity index (χ0v) is 12.1. The van der Waals surface area contributed by atoms with Crippen molar-refractivity contribution in [1.82, 2.24) is 0 Å². The van der Waals surface area contributed by atoms with Crippen LogP contribution in [0, 0.1) is 5.92 Å². The van der Waals surface area contributed by atoms with Crippen LogP contribution in [0.15, 0.2) is 0 Å². The van der Waals surface area contributed by atoms with Crippen molar-refractivity contribution in [3.05, 3.63) is 0 Å². The van der Waals surface area contributed by atoms with E-state index in [2.05, 4.69) is 0 Å². The van der Waals surface area contributed by atoms with E-state index in [1.165, 1.54) is 0 Å². The smallest absolute Gasteiger partial charge is 0.0939 e. The Kier molecular flexibility index (Phi) is 8.01. The first-order valence-electron chi connectivity index (χ1n) is 6.93. The van der Waals surface area contributed by atoms with Crippen molar-refractivity contribution in [2.75, 3.05) is 7.11 Å². The Labute approximate surface area is 106 Å². The fraction of sp³-hybridized carbons (Fsp3) is 1.00. The number of aliphatic hydroxyl groups excluding tert-OH is 2. The lowest BCUT2D eigenvalue weighted by Crippen LogP contribution is -2.46. The normalized spacial score (nSPS) is 23.5. The van der Waals surface area contributed by atoms with Gasteiger partial charge in [-0.25, -0.2) is 0 Å². The van der Waals surface area contributed by atoms with Gasteiger partial charge in [0.15, 0.2) is 0 Å². The molecule has 3 heteroatoms. The molecule has 0 aromatic rings. The van der Waals surface area contributed by atoms with Gasteiger partial charge in [-0.1, -0.05) is 33.6 Å². The first kappa shape index (κ1) is 16.9. The minimum absolute atomic E-state index is 0.0862. The predicted molar refractivity (Wildman–Crippen MR) is 71.0 cm³/mol. The fourth-order valence-corrected chi connectivity index (χ4v) is 2.78. The van der Waals surface area contributed by atoms with Gasteiger partial charge in [0.2, 0.25) is 0 Å². The van der Waals surface area contributed by atoms with Crippen molar-refractivity contribution in [2.45, 2.75) is 77.6 Å². The van der Waals surface area contributed by atoms with E-state index < -0.39 is 6.10 Å². The van der Waals surface area contributed by atoms with Gasteiger partial charge in [-0.3, -0.25) is 0 Å². The molecule has 0 amide bonds. The van der Waals surface area contributed by atoms with Crippen molar-refractivity contribution >= 4 is 0 Å². The summed E-state index contributed by atoms with van der Waals surface area (Å²) >= 11 is 0. The van der Waals surface area contributed by atoms with Gasteiger partial charge in [-0.05, 0) is 32.1 Å². The topological polar surface area (TPSA) is 49.7 Å². The molecule has 1 aliphatic carbocycles. The highest BCUT2D eigenvalue weighted by Crippen LogP contribution is 2.38. The molecule has 0 aromatic heterocycles. The van der Waals surface area contributed by atoms with Crippen LogP contribution in [0.4, 0.5) is 0 Å². The summed E-state index contributed by atoms with van der Waals surface area (Å²) in [5.74, 6) is 0.0862. The van der Waals surface area contributed by atoms with Gasteiger partial charge in [0.25, 0.3) is 0 Å². The Hall–Kier alpha value is -0.120. The maximum absolute atomic E-state index is 10.3. The number of hydrogen-bond donors (Lipinski definition) is 2. The molecule has 3 atom stereocenters. The van der Waals surface area contributed by atoms with Crippen molar-refractivity contribution in [1.29, 1.82) is 0 Å². The Balaban J connectivity index is 0.00000121. The Morgan fingerprint density at radius 2 is 1.59 bits per heavy atom. The van der Waals surface area contributed by atoms with Crippen LogP contribution in [0.1, 0.15) is 59.8 Å². The van der Waals surface area contributed by atoms with E-state index >= 15 is 0 Å². The van der Waals surface area contributed by atoms with Crippen LogP contribution in [0.5, 0.6) is 0 Å². The van der Waals surface area contributed by atoms with Crippen LogP contribution in [0.2, 0.25) is 0 Å². The standard InChI is InChI=1S/C12H24O3.C2H6/c1-9(8-10(2)13)11(14)12(15-3)6-4-5-7-12;1-2/h9-11,13-14H,4-8H2,1-3H3;1-2H3. The second-order valence-corrected chi connectivity index (χ2v) is 4.98. The van der Waals surface area contributed by atoms with E-state index in [4.69, 9.17) is 4.74 Å². The first-order valence-corrected chi connectivity index (χ1v) is 6.93. The van der Waals surface area contributed by atoms with Gasteiger partial charge in [-0.15, -0.1) is 0 Å². The second-order valence-electron chi connectivity index (χ2n) is 4.98. The van der Waals surface area contributed by atoms with Crippen LogP contribution in [-0.2, 0) is 4.74 Å². The molecule has 0 spiro atoms. The summed E-state index contributed by atoms with van der Waals surface area (Å²) in [5, 5.41) is 19.6. The van der Waals surface area contributed by atoms with Gasteiger partial charge < -0.3 is 14.9 Å². The molecule has 0 aromatic carbocycles. The molecule has 17 heavy (non-hydrogen) atoms. The van der Waals surface area contributed by atoms with Crippen molar-refractivity contribution in [3.8, 4) is 0 Å². The second kappa shape index (κ2) is 8.06. The molecule has 1 rings (SSSR count). The van der Waals surface area contributed by atoms with E-state index in [1.54, 1.807) is 14.0 Å². The lowest BCUT2D eigenvalue weighted by atomic mass is 9.84. The lowest BCUT2D eigenvalue weighted by Gasteiger charge is -2.36. The molecule has 0 bridgehead atoms. The maximum atomic E-state index is 10.3. The van der Waals surface area contributed by atoms with Crippen molar-refractivity contribution < 1.29 is 14.9 Å². The highest BCUT2D eigenvalue weighted by Gasteiger charge is 2.43. The number of hydrogen-bond acceptors (Lipinski definition) is 3. The van der Waals surface area contributed by atoms with Crippen LogP contribution in [0.25, 0.3) is 0 Å². The van der Waals surface area contributed by atoms with Crippen molar-refractivity contribution in [2.24, 2.45) is 5.92 Å². The number of ether oxygens (including phenoxy) is 1. The average Bonchev–Trinajstić information content (AvgIpc) is 2.79. The predicted octanol–water partition coefficient (Wildman–Crippen LogP) is 2.74. The van der Waals surface area contributed by atoms with Crippen LogP contribution >= 0.6 is 0 Å². The number of rotatable bonds is 5. The summed E-state index contributed by atoms with van der Waals surface area (Å²) < 4.78 is 5.53. The van der Waals surface area contributed by atoms with Gasteiger partial charge in [0.05, 0.1) is 17.8 Å². The van der Waals surface area contributed by atoms with Gasteiger partial charge in [-0.2, -0.15) is 0 Å². The summed E-state index contributed by atoms with van der Waals surface area (Å²) in [7, 11) is 1.68. The number of methoxy groups -OCH3 is 1. The Morgan fingerprint density at radius 1 is 1.12 bits per heavy atom. The van der Waals surface area contributed by atoms with Gasteiger partial charge >= 0.3 is 0 Å². The molecule has 3 unspecified atom stereocenters. The Bertz CT molecular complexity index is 186. The molecular formula is C14H30O3. The summed E-state index contributed by atoms with van der Waals surface area (Å²) in [4.78, 5) is 0.